The molecule has 0 saturated carbocycles. The Balaban J connectivity index is 1.59. The lowest BCUT2D eigenvalue weighted by molar-refractivity contribution is 0.417. The van der Waals surface area contributed by atoms with E-state index in [2.05, 4.69) is 19.7 Å². The van der Waals surface area contributed by atoms with E-state index < -0.39 is 20.0 Å². The Morgan fingerprint density at radius 3 is 2.19 bits per heavy atom. The molecule has 2 aromatic heterocycles. The number of methoxy groups -OCH3 is 1. The lowest BCUT2D eigenvalue weighted by Crippen LogP contribution is -2.09. The van der Waals surface area contributed by atoms with Gasteiger partial charge in [0.2, 0.25) is 20.0 Å². The Morgan fingerprint density at radius 2 is 1.50 bits per heavy atom. The molecule has 0 aliphatic rings. The van der Waals surface area contributed by atoms with Crippen molar-refractivity contribution in [3.05, 3.63) is 60.7 Å². The van der Waals surface area contributed by atoms with Crippen molar-refractivity contribution in [2.45, 2.75) is 0 Å². The summed E-state index contributed by atoms with van der Waals surface area (Å²) in [5.74, 6) is 0.463. The number of aromatic nitrogens is 2. The summed E-state index contributed by atoms with van der Waals surface area (Å²) in [6.45, 7) is 0. The average molecular weight is 526 g/mol. The van der Waals surface area contributed by atoms with Crippen molar-refractivity contribution >= 4 is 75.6 Å². The first-order chi connectivity index (χ1) is 17.0. The topological polar surface area (TPSA) is 142 Å². The second-order valence-electron chi connectivity index (χ2n) is 8.43. The van der Waals surface area contributed by atoms with Crippen LogP contribution in [0.15, 0.2) is 60.7 Å². The van der Waals surface area contributed by atoms with Crippen LogP contribution in [0.4, 0.5) is 22.7 Å². The number of H-pyrrole nitrogens is 1. The Bertz CT molecular complexity index is 1870. The zero-order chi connectivity index (χ0) is 25.7. The summed E-state index contributed by atoms with van der Waals surface area (Å²) in [6, 6.07) is 17.9. The minimum absolute atomic E-state index is 0.392. The molecule has 0 amide bonds. The molecule has 4 N–H and O–H groups in total. The van der Waals surface area contributed by atoms with E-state index in [4.69, 9.17) is 9.72 Å². The molecule has 12 heteroatoms. The maximum Gasteiger partial charge on any atom is 0.229 e. The summed E-state index contributed by atoms with van der Waals surface area (Å²) in [7, 11) is -5.30. The summed E-state index contributed by atoms with van der Waals surface area (Å²) in [5.41, 5.74) is 5.40. The van der Waals surface area contributed by atoms with Crippen LogP contribution in [0.3, 0.4) is 0 Å². The second-order valence-corrected chi connectivity index (χ2v) is 11.9. The predicted molar refractivity (Wildman–Crippen MR) is 144 cm³/mol. The molecule has 0 unspecified atom stereocenters. The van der Waals surface area contributed by atoms with Gasteiger partial charge in [0.1, 0.15) is 5.75 Å². The summed E-state index contributed by atoms with van der Waals surface area (Å²) >= 11 is 0. The minimum atomic E-state index is -3.42. The van der Waals surface area contributed by atoms with E-state index in [1.165, 1.54) is 7.11 Å². The number of hydrogen-bond donors (Lipinski definition) is 4. The molecular formula is C24H23N5O5S2. The number of fused-ring (bicyclic) bond motifs is 4. The highest BCUT2D eigenvalue weighted by Crippen LogP contribution is 2.37. The Labute approximate surface area is 207 Å². The van der Waals surface area contributed by atoms with Crippen molar-refractivity contribution in [2.75, 3.05) is 34.4 Å². The Morgan fingerprint density at radius 1 is 0.806 bits per heavy atom. The van der Waals surface area contributed by atoms with Crippen LogP contribution in [0.2, 0.25) is 0 Å². The van der Waals surface area contributed by atoms with Crippen molar-refractivity contribution in [3.63, 3.8) is 0 Å². The molecule has 186 valence electrons. The number of aromatic amines is 1. The standard InChI is InChI=1S/C24H23N5O5S2/c1-34-22-13-16(29-36(3,32)33)8-10-18(22)25-19-5-4-6-20-23(19)24-21(26-20)12-14-11-15(28-35(2,30)31)7-9-17(14)27-24/h4-13,25-26,28-29H,1-3H3. The molecule has 36 heavy (non-hydrogen) atoms. The quantitative estimate of drug-likeness (QED) is 0.247. The van der Waals surface area contributed by atoms with Crippen LogP contribution in [-0.4, -0.2) is 46.4 Å². The molecule has 0 aliphatic carbocycles. The molecule has 0 fully saturated rings. The zero-order valence-electron chi connectivity index (χ0n) is 19.6. The normalized spacial score (nSPS) is 12.2. The second kappa shape index (κ2) is 8.57. The zero-order valence-corrected chi connectivity index (χ0v) is 21.2. The summed E-state index contributed by atoms with van der Waals surface area (Å²) in [6.07, 6.45) is 2.19. The molecule has 0 bridgehead atoms. The van der Waals surface area contributed by atoms with Gasteiger partial charge in [-0.3, -0.25) is 9.44 Å². The molecule has 0 radical (unpaired) electrons. The molecule has 2 heterocycles. The van der Waals surface area contributed by atoms with E-state index in [-0.39, 0.29) is 0 Å². The van der Waals surface area contributed by atoms with E-state index in [1.807, 2.05) is 24.3 Å². The maximum atomic E-state index is 11.6. The molecule has 5 aromatic rings. The Kier molecular flexibility index (Phi) is 5.64. The van der Waals surface area contributed by atoms with Crippen LogP contribution in [0.5, 0.6) is 5.75 Å². The Hall–Kier alpha value is -4.03. The molecule has 0 atom stereocenters. The summed E-state index contributed by atoms with van der Waals surface area (Å²) in [4.78, 5) is 8.22. The van der Waals surface area contributed by atoms with Gasteiger partial charge < -0.3 is 15.0 Å². The minimum Gasteiger partial charge on any atom is -0.494 e. The van der Waals surface area contributed by atoms with E-state index in [9.17, 15) is 16.8 Å². The van der Waals surface area contributed by atoms with Crippen molar-refractivity contribution in [1.82, 2.24) is 9.97 Å². The van der Waals surface area contributed by atoms with Gasteiger partial charge in [-0.05, 0) is 48.5 Å². The first kappa shape index (κ1) is 23.7. The lowest BCUT2D eigenvalue weighted by atomic mass is 10.1. The fraction of sp³-hybridized carbons (Fsp3) is 0.125. The van der Waals surface area contributed by atoms with Crippen molar-refractivity contribution < 1.29 is 21.6 Å². The van der Waals surface area contributed by atoms with Crippen molar-refractivity contribution in [2.24, 2.45) is 0 Å². The van der Waals surface area contributed by atoms with Crippen LogP contribution in [0.25, 0.3) is 32.8 Å². The highest BCUT2D eigenvalue weighted by Gasteiger charge is 2.14. The molecule has 0 spiro atoms. The number of ether oxygens (including phenoxy) is 1. The molecular weight excluding hydrogens is 502 g/mol. The predicted octanol–water partition coefficient (Wildman–Crippen LogP) is 4.36. The largest absolute Gasteiger partial charge is 0.494 e. The van der Waals surface area contributed by atoms with E-state index in [0.717, 1.165) is 45.5 Å². The SMILES string of the molecule is COc1cc(NS(C)(=O)=O)ccc1Nc1cccc2[nH]c3cc4cc(NS(C)(=O)=O)ccc4nc3c12. The number of sulfonamides is 2. The van der Waals surface area contributed by atoms with Gasteiger partial charge in [-0.1, -0.05) is 6.07 Å². The van der Waals surface area contributed by atoms with Crippen LogP contribution < -0.4 is 19.5 Å². The number of hydrogen-bond acceptors (Lipinski definition) is 7. The number of anilines is 4. The summed E-state index contributed by atoms with van der Waals surface area (Å²) < 4.78 is 56.8. The third-order valence-electron chi connectivity index (χ3n) is 5.46. The summed E-state index contributed by atoms with van der Waals surface area (Å²) in [5, 5.41) is 5.03. The molecule has 0 aliphatic heterocycles. The first-order valence-electron chi connectivity index (χ1n) is 10.7. The molecule has 3 aromatic carbocycles. The first-order valence-corrected chi connectivity index (χ1v) is 14.5. The molecule has 10 nitrogen and oxygen atoms in total. The molecule has 5 rings (SSSR count). The van der Waals surface area contributed by atoms with Gasteiger partial charge in [0.05, 0.1) is 58.8 Å². The van der Waals surface area contributed by atoms with E-state index in [1.54, 1.807) is 36.4 Å². The van der Waals surface area contributed by atoms with Crippen LogP contribution in [0.1, 0.15) is 0 Å². The monoisotopic (exact) mass is 525 g/mol. The van der Waals surface area contributed by atoms with Gasteiger partial charge in [0, 0.05) is 22.5 Å². The number of benzene rings is 3. The smallest absolute Gasteiger partial charge is 0.229 e. The third kappa shape index (κ3) is 4.86. The lowest BCUT2D eigenvalue weighted by Gasteiger charge is -2.14. The van der Waals surface area contributed by atoms with Crippen LogP contribution in [0, 0.1) is 0 Å². The van der Waals surface area contributed by atoms with Gasteiger partial charge in [-0.2, -0.15) is 0 Å². The van der Waals surface area contributed by atoms with Crippen molar-refractivity contribution in [3.8, 4) is 5.75 Å². The highest BCUT2D eigenvalue weighted by molar-refractivity contribution is 7.92. The number of pyridine rings is 1. The van der Waals surface area contributed by atoms with E-state index in [0.29, 0.717) is 28.3 Å². The van der Waals surface area contributed by atoms with Gasteiger partial charge in [-0.25, -0.2) is 21.8 Å². The van der Waals surface area contributed by atoms with Gasteiger partial charge in [-0.15, -0.1) is 0 Å². The average Bonchev–Trinajstić information content (AvgIpc) is 3.14. The fourth-order valence-corrected chi connectivity index (χ4v) is 5.23. The van der Waals surface area contributed by atoms with Crippen molar-refractivity contribution in [1.29, 1.82) is 0 Å². The van der Waals surface area contributed by atoms with Gasteiger partial charge in [0.15, 0.2) is 0 Å². The highest BCUT2D eigenvalue weighted by atomic mass is 32.2. The van der Waals surface area contributed by atoms with Crippen LogP contribution >= 0.6 is 0 Å². The van der Waals surface area contributed by atoms with Gasteiger partial charge >= 0.3 is 0 Å². The number of rotatable bonds is 7. The third-order valence-corrected chi connectivity index (χ3v) is 6.68. The number of nitrogens with one attached hydrogen (secondary N) is 4. The van der Waals surface area contributed by atoms with Crippen LogP contribution in [-0.2, 0) is 20.0 Å². The molecule has 0 saturated heterocycles. The maximum absolute atomic E-state index is 11.6. The fourth-order valence-electron chi connectivity index (χ4n) is 4.12. The van der Waals surface area contributed by atoms with Gasteiger partial charge in [0.25, 0.3) is 0 Å². The van der Waals surface area contributed by atoms with E-state index >= 15 is 0 Å². The number of nitrogens with zero attached hydrogens (tertiary/aromatic N) is 1.